The van der Waals surface area contributed by atoms with Crippen molar-refractivity contribution < 1.29 is 14.7 Å². The monoisotopic (exact) mass is 325 g/mol. The second-order valence-electron chi connectivity index (χ2n) is 6.04. The van der Waals surface area contributed by atoms with E-state index in [0.29, 0.717) is 18.9 Å². The van der Waals surface area contributed by atoms with E-state index in [9.17, 15) is 10.0 Å². The minimum Gasteiger partial charge on any atom is -0.477 e. The van der Waals surface area contributed by atoms with E-state index in [1.165, 1.54) is 5.06 Å². The van der Waals surface area contributed by atoms with Crippen LogP contribution in [0.5, 0.6) is 0 Å². The maximum absolute atomic E-state index is 10.6. The quantitative estimate of drug-likeness (QED) is 0.590. The minimum absolute atomic E-state index is 0.504. The molecule has 2 aliphatic rings. The van der Waals surface area contributed by atoms with Gasteiger partial charge in [0.15, 0.2) is 0 Å². The summed E-state index contributed by atoms with van der Waals surface area (Å²) < 4.78 is 5.92. The number of allylic oxidation sites excluding steroid dienone is 4. The van der Waals surface area contributed by atoms with Gasteiger partial charge in [-0.15, -0.1) is 0 Å². The molecule has 1 aliphatic carbocycles. The molecular formula is C20H23NO3. The third-order valence-corrected chi connectivity index (χ3v) is 4.38. The van der Waals surface area contributed by atoms with Gasteiger partial charge >= 0.3 is 0 Å². The Balaban J connectivity index is 1.76. The number of carbonyl (C=O) groups is 1. The second kappa shape index (κ2) is 7.97. The normalized spacial score (nSPS) is 15.7. The van der Waals surface area contributed by atoms with Crippen LogP contribution in [0.25, 0.3) is 11.5 Å². The van der Waals surface area contributed by atoms with Gasteiger partial charge < -0.3 is 9.53 Å². The molecule has 4 nitrogen and oxygen atoms in total. The van der Waals surface area contributed by atoms with Crippen molar-refractivity contribution in [3.05, 3.63) is 58.6 Å². The minimum atomic E-state index is 0.504. The molecule has 0 saturated carbocycles. The van der Waals surface area contributed by atoms with E-state index in [1.807, 2.05) is 30.4 Å². The van der Waals surface area contributed by atoms with Gasteiger partial charge in [-0.2, -0.15) is 5.06 Å². The van der Waals surface area contributed by atoms with E-state index in [-0.39, 0.29) is 0 Å². The van der Waals surface area contributed by atoms with Gasteiger partial charge in [-0.3, -0.25) is 5.21 Å². The van der Waals surface area contributed by atoms with Crippen molar-refractivity contribution in [3.8, 4) is 0 Å². The molecule has 1 aliphatic heterocycles. The van der Waals surface area contributed by atoms with Crippen LogP contribution < -0.4 is 10.4 Å². The van der Waals surface area contributed by atoms with Gasteiger partial charge in [0, 0.05) is 11.6 Å². The highest BCUT2D eigenvalue weighted by molar-refractivity contribution is 5.71. The van der Waals surface area contributed by atoms with Crippen LogP contribution in [0, 0.1) is 0 Å². The molecule has 1 N–H and O–H groups in total. The number of unbranched alkanes of at least 4 members (excludes halogenated alkanes) is 4. The topological polar surface area (TPSA) is 49.8 Å². The van der Waals surface area contributed by atoms with Gasteiger partial charge in [-0.25, -0.2) is 0 Å². The fourth-order valence-electron chi connectivity index (χ4n) is 3.14. The molecule has 4 heteroatoms. The Morgan fingerprint density at radius 2 is 1.92 bits per heavy atom. The van der Waals surface area contributed by atoms with Gasteiger partial charge in [-0.05, 0) is 42.2 Å². The smallest absolute Gasteiger partial charge is 0.226 e. The zero-order chi connectivity index (χ0) is 16.8. The predicted molar refractivity (Wildman–Crippen MR) is 93.1 cm³/mol. The molecule has 126 valence electrons. The summed E-state index contributed by atoms with van der Waals surface area (Å²) in [4.78, 5) is 10.3. The molecule has 0 atom stereocenters. The van der Waals surface area contributed by atoms with Crippen LogP contribution in [0.1, 0.15) is 38.5 Å². The SMILES string of the molecule is O=CCCCCCCOC1=c2ccccc2=C2CC=CC=C2N1O. The first-order chi connectivity index (χ1) is 11.8. The molecule has 24 heavy (non-hydrogen) atoms. The highest BCUT2D eigenvalue weighted by atomic mass is 16.6. The number of rotatable bonds is 8. The lowest BCUT2D eigenvalue weighted by Gasteiger charge is -2.29. The lowest BCUT2D eigenvalue weighted by atomic mass is 9.97. The Morgan fingerprint density at radius 3 is 2.75 bits per heavy atom. The summed E-state index contributed by atoms with van der Waals surface area (Å²) in [5.41, 5.74) is 1.91. The average molecular weight is 325 g/mol. The van der Waals surface area contributed by atoms with Crippen molar-refractivity contribution >= 4 is 17.7 Å². The van der Waals surface area contributed by atoms with Crippen molar-refractivity contribution in [2.45, 2.75) is 38.5 Å². The predicted octanol–water partition coefficient (Wildman–Crippen LogP) is 2.62. The molecular weight excluding hydrogens is 302 g/mol. The first kappa shape index (κ1) is 16.5. The molecule has 1 aromatic rings. The van der Waals surface area contributed by atoms with Crippen LogP contribution in [0.3, 0.4) is 0 Å². The molecule has 1 heterocycles. The van der Waals surface area contributed by atoms with Crippen LogP contribution in [0.2, 0.25) is 0 Å². The molecule has 0 unspecified atom stereocenters. The van der Waals surface area contributed by atoms with Crippen molar-refractivity contribution in [2.75, 3.05) is 6.61 Å². The van der Waals surface area contributed by atoms with Gasteiger partial charge in [0.05, 0.1) is 12.3 Å². The Hall–Kier alpha value is -2.33. The zero-order valence-corrected chi connectivity index (χ0v) is 13.8. The van der Waals surface area contributed by atoms with Crippen LogP contribution >= 0.6 is 0 Å². The van der Waals surface area contributed by atoms with E-state index in [4.69, 9.17) is 4.74 Å². The van der Waals surface area contributed by atoms with Crippen LogP contribution in [-0.2, 0) is 9.53 Å². The van der Waals surface area contributed by atoms with Gasteiger partial charge in [0.25, 0.3) is 0 Å². The van der Waals surface area contributed by atoms with Crippen molar-refractivity contribution in [3.63, 3.8) is 0 Å². The van der Waals surface area contributed by atoms with Gasteiger partial charge in [0.1, 0.15) is 6.29 Å². The van der Waals surface area contributed by atoms with Crippen molar-refractivity contribution in [1.29, 1.82) is 0 Å². The standard InChI is InChI=1S/C20H23NO3/c22-14-8-2-1-3-9-15-24-20-18-12-5-4-10-16(18)17-11-6-7-13-19(17)21(20)23/h4-7,10,12-14,23H,1-3,8-9,11,15H2. The summed E-state index contributed by atoms with van der Waals surface area (Å²) in [5.74, 6) is 0.504. The van der Waals surface area contributed by atoms with Crippen molar-refractivity contribution in [1.82, 2.24) is 5.06 Å². The van der Waals surface area contributed by atoms with Crippen LogP contribution in [-0.4, -0.2) is 23.2 Å². The summed E-state index contributed by atoms with van der Waals surface area (Å²) in [5, 5.41) is 13.8. The number of nitrogens with zero attached hydrogens (tertiary/aromatic N) is 1. The van der Waals surface area contributed by atoms with Gasteiger partial charge in [0.2, 0.25) is 5.88 Å². The maximum atomic E-state index is 10.6. The van der Waals surface area contributed by atoms with E-state index in [1.54, 1.807) is 0 Å². The number of benzene rings is 1. The summed E-state index contributed by atoms with van der Waals surface area (Å²) >= 11 is 0. The first-order valence-corrected chi connectivity index (χ1v) is 8.58. The lowest BCUT2D eigenvalue weighted by molar-refractivity contribution is -0.107. The molecule has 0 radical (unpaired) electrons. The van der Waals surface area contributed by atoms with E-state index < -0.39 is 0 Å². The van der Waals surface area contributed by atoms with E-state index in [2.05, 4.69) is 12.1 Å². The number of fused-ring (bicyclic) bond motifs is 2. The van der Waals surface area contributed by atoms with E-state index >= 15 is 0 Å². The maximum Gasteiger partial charge on any atom is 0.226 e. The van der Waals surface area contributed by atoms with Crippen LogP contribution in [0.4, 0.5) is 0 Å². The number of hydroxylamine groups is 2. The number of aldehydes is 1. The number of hydrogen-bond donors (Lipinski definition) is 1. The summed E-state index contributed by atoms with van der Waals surface area (Å²) in [6.07, 6.45) is 12.3. The second-order valence-corrected chi connectivity index (χ2v) is 6.04. The molecule has 0 fully saturated rings. The largest absolute Gasteiger partial charge is 0.477 e. The summed E-state index contributed by atoms with van der Waals surface area (Å²) in [6, 6.07) is 8.04. The molecule has 0 saturated heterocycles. The molecule has 1 aromatic carbocycles. The Bertz CT molecular complexity index is 776. The summed E-state index contributed by atoms with van der Waals surface area (Å²) in [6.45, 7) is 0.556. The number of ether oxygens (including phenoxy) is 1. The zero-order valence-electron chi connectivity index (χ0n) is 13.8. The summed E-state index contributed by atoms with van der Waals surface area (Å²) in [7, 11) is 0. The number of hydrogen-bond acceptors (Lipinski definition) is 4. The van der Waals surface area contributed by atoms with Crippen LogP contribution in [0.15, 0.2) is 48.2 Å². The fraction of sp³-hybridized carbons (Fsp3) is 0.350. The van der Waals surface area contributed by atoms with Gasteiger partial charge in [-0.1, -0.05) is 43.2 Å². The molecule has 0 amide bonds. The Labute approximate surface area is 142 Å². The third kappa shape index (κ3) is 3.44. The van der Waals surface area contributed by atoms with E-state index in [0.717, 1.165) is 60.1 Å². The Kier molecular flexibility index (Phi) is 5.49. The molecule has 3 rings (SSSR count). The molecule has 0 aromatic heterocycles. The third-order valence-electron chi connectivity index (χ3n) is 4.38. The highest BCUT2D eigenvalue weighted by Crippen LogP contribution is 2.27. The first-order valence-electron chi connectivity index (χ1n) is 8.58. The Morgan fingerprint density at radius 1 is 1.12 bits per heavy atom. The average Bonchev–Trinajstić information content (AvgIpc) is 2.63. The molecule has 0 spiro atoms. The molecule has 0 bridgehead atoms. The number of carbonyl (C=O) groups excluding carboxylic acids is 1. The highest BCUT2D eigenvalue weighted by Gasteiger charge is 2.24. The lowest BCUT2D eigenvalue weighted by Crippen LogP contribution is -2.41. The van der Waals surface area contributed by atoms with Crippen molar-refractivity contribution in [2.24, 2.45) is 0 Å². The fourth-order valence-corrected chi connectivity index (χ4v) is 3.14.